The van der Waals surface area contributed by atoms with Crippen molar-refractivity contribution in [2.45, 2.75) is 72.3 Å². The standard InChI is InChI=1S/C35H41BrINO5/c1-34(2)16-25-31(27(39)18-34)30(32-26(38(25)12-9-13-41-5)17-35(3,4)19-28(32)40)22-14-24(37)33(29(15-22)42-6)43-20-21-10-7-8-11-23(21)36/h7-8,10-11,14-15,30H,9,12-13,16-20H2,1-6H3. The molecule has 6 nitrogen and oxygen atoms in total. The lowest BCUT2D eigenvalue weighted by atomic mass is 9.63. The summed E-state index contributed by atoms with van der Waals surface area (Å²) < 4.78 is 19.5. The van der Waals surface area contributed by atoms with Gasteiger partial charge in [0.25, 0.3) is 0 Å². The van der Waals surface area contributed by atoms with E-state index < -0.39 is 5.92 Å². The Morgan fingerprint density at radius 2 is 1.53 bits per heavy atom. The second kappa shape index (κ2) is 12.7. The zero-order chi connectivity index (χ0) is 31.1. The molecule has 2 aromatic rings. The van der Waals surface area contributed by atoms with E-state index in [2.05, 4.69) is 77.2 Å². The van der Waals surface area contributed by atoms with Crippen molar-refractivity contribution in [1.29, 1.82) is 0 Å². The van der Waals surface area contributed by atoms with E-state index in [1.54, 1.807) is 14.2 Å². The number of rotatable bonds is 9. The van der Waals surface area contributed by atoms with Crippen LogP contribution in [0.4, 0.5) is 0 Å². The van der Waals surface area contributed by atoms with Gasteiger partial charge in [0.15, 0.2) is 23.1 Å². The summed E-state index contributed by atoms with van der Waals surface area (Å²) in [6.07, 6.45) is 3.29. The van der Waals surface area contributed by atoms with Crippen LogP contribution >= 0.6 is 38.5 Å². The van der Waals surface area contributed by atoms with Crippen LogP contribution < -0.4 is 9.47 Å². The molecule has 0 saturated heterocycles. The molecule has 0 radical (unpaired) electrons. The monoisotopic (exact) mass is 761 g/mol. The summed E-state index contributed by atoms with van der Waals surface area (Å²) in [4.78, 5) is 30.5. The van der Waals surface area contributed by atoms with Gasteiger partial charge in [0.2, 0.25) is 0 Å². The lowest BCUT2D eigenvalue weighted by Crippen LogP contribution is -2.44. The maximum absolute atomic E-state index is 14.1. The maximum atomic E-state index is 14.1. The summed E-state index contributed by atoms with van der Waals surface area (Å²) >= 11 is 5.89. The quantitative estimate of drug-likeness (QED) is 0.189. The van der Waals surface area contributed by atoms with Crippen molar-refractivity contribution in [3.8, 4) is 11.5 Å². The number of benzene rings is 2. The summed E-state index contributed by atoms with van der Waals surface area (Å²) in [5, 5.41) is 0. The third kappa shape index (κ3) is 6.61. The highest BCUT2D eigenvalue weighted by Crippen LogP contribution is 2.55. The summed E-state index contributed by atoms with van der Waals surface area (Å²) in [5.74, 6) is 1.06. The van der Waals surface area contributed by atoms with Crippen molar-refractivity contribution in [3.05, 3.63) is 78.1 Å². The highest BCUT2D eigenvalue weighted by Gasteiger charge is 2.49. The van der Waals surface area contributed by atoms with Crippen LogP contribution in [0.2, 0.25) is 0 Å². The molecule has 3 aliphatic rings. The molecule has 1 aliphatic heterocycles. The fraction of sp³-hybridized carbons (Fsp3) is 0.486. The minimum absolute atomic E-state index is 0.125. The van der Waals surface area contributed by atoms with E-state index in [0.29, 0.717) is 44.1 Å². The molecule has 0 N–H and O–H groups in total. The average molecular weight is 763 g/mol. The number of Topliss-reactive ketones (excluding diaryl/α,β-unsaturated/α-hetero) is 2. The van der Waals surface area contributed by atoms with E-state index in [0.717, 1.165) is 61.0 Å². The van der Waals surface area contributed by atoms with Gasteiger partial charge in [0.1, 0.15) is 6.61 Å². The van der Waals surface area contributed by atoms with Crippen LogP contribution in [0.5, 0.6) is 11.5 Å². The first-order chi connectivity index (χ1) is 20.4. The van der Waals surface area contributed by atoms with Crippen LogP contribution in [0.25, 0.3) is 0 Å². The Morgan fingerprint density at radius 1 is 0.930 bits per heavy atom. The van der Waals surface area contributed by atoms with Crippen molar-refractivity contribution < 1.29 is 23.8 Å². The largest absolute Gasteiger partial charge is 0.493 e. The maximum Gasteiger partial charge on any atom is 0.174 e. The first kappa shape index (κ1) is 32.2. The summed E-state index contributed by atoms with van der Waals surface area (Å²) in [6, 6.07) is 12.0. The molecule has 5 rings (SSSR count). The normalized spacial score (nSPS) is 19.9. The predicted octanol–water partition coefficient (Wildman–Crippen LogP) is 8.36. The van der Waals surface area contributed by atoms with Gasteiger partial charge >= 0.3 is 0 Å². The highest BCUT2D eigenvalue weighted by atomic mass is 127. The molecule has 0 unspecified atom stereocenters. The lowest BCUT2D eigenvalue weighted by Gasteiger charge is -2.49. The van der Waals surface area contributed by atoms with Gasteiger partial charge in [0.05, 0.1) is 10.7 Å². The van der Waals surface area contributed by atoms with Gasteiger partial charge in [-0.15, -0.1) is 0 Å². The third-order valence-corrected chi connectivity index (χ3v) is 10.2. The number of methoxy groups -OCH3 is 2. The minimum Gasteiger partial charge on any atom is -0.493 e. The van der Waals surface area contributed by atoms with Crippen molar-refractivity contribution in [2.75, 3.05) is 27.4 Å². The summed E-state index contributed by atoms with van der Waals surface area (Å²) in [7, 11) is 3.35. The molecule has 8 heteroatoms. The molecule has 0 atom stereocenters. The first-order valence-corrected chi connectivity index (χ1v) is 16.8. The highest BCUT2D eigenvalue weighted by molar-refractivity contribution is 14.1. The van der Waals surface area contributed by atoms with Crippen LogP contribution in [0.15, 0.2) is 63.4 Å². The fourth-order valence-electron chi connectivity index (χ4n) is 6.83. The average Bonchev–Trinajstić information content (AvgIpc) is 2.92. The molecular formula is C35H41BrINO5. The molecule has 2 aromatic carbocycles. The first-order valence-electron chi connectivity index (χ1n) is 14.9. The SMILES string of the molecule is COCCCN1C2=C(C(=O)CC(C)(C)C2)C(c2cc(I)c(OCc3ccccc3Br)c(OC)c2)C2=C1CC(C)(C)CC2=O. The number of halogens is 2. The predicted molar refractivity (Wildman–Crippen MR) is 180 cm³/mol. The Hall–Kier alpha value is -2.17. The number of allylic oxidation sites excluding steroid dienone is 4. The second-order valence-electron chi connectivity index (χ2n) is 13.4. The van der Waals surface area contributed by atoms with Crippen LogP contribution in [-0.2, 0) is 20.9 Å². The van der Waals surface area contributed by atoms with Crippen molar-refractivity contribution >= 4 is 50.1 Å². The number of hydrogen-bond donors (Lipinski definition) is 0. The van der Waals surface area contributed by atoms with Crippen molar-refractivity contribution in [1.82, 2.24) is 4.90 Å². The number of nitrogens with zero attached hydrogens (tertiary/aromatic N) is 1. The molecular weight excluding hydrogens is 721 g/mol. The Labute approximate surface area is 277 Å². The smallest absolute Gasteiger partial charge is 0.174 e. The Balaban J connectivity index is 1.65. The molecule has 0 fully saturated rings. The van der Waals surface area contributed by atoms with E-state index >= 15 is 0 Å². The molecule has 0 amide bonds. The van der Waals surface area contributed by atoms with E-state index in [-0.39, 0.29) is 22.4 Å². The van der Waals surface area contributed by atoms with E-state index in [1.165, 1.54) is 0 Å². The van der Waals surface area contributed by atoms with Gasteiger partial charge in [-0.25, -0.2) is 0 Å². The van der Waals surface area contributed by atoms with Gasteiger partial charge in [-0.3, -0.25) is 9.59 Å². The summed E-state index contributed by atoms with van der Waals surface area (Å²) in [5.41, 5.74) is 5.26. The van der Waals surface area contributed by atoms with Crippen LogP contribution in [0.3, 0.4) is 0 Å². The number of ketones is 2. The Bertz CT molecular complexity index is 1450. The van der Waals surface area contributed by atoms with E-state index in [4.69, 9.17) is 14.2 Å². The van der Waals surface area contributed by atoms with Gasteiger partial charge in [0, 0.05) is 71.6 Å². The van der Waals surface area contributed by atoms with Crippen LogP contribution in [0, 0.1) is 14.4 Å². The molecule has 0 bridgehead atoms. The Kier molecular flexibility index (Phi) is 9.50. The number of ether oxygens (including phenoxy) is 3. The number of carbonyl (C=O) groups excluding carboxylic acids is 2. The van der Waals surface area contributed by atoms with Gasteiger partial charge in [-0.1, -0.05) is 61.8 Å². The third-order valence-electron chi connectivity index (χ3n) is 8.67. The van der Waals surface area contributed by atoms with Gasteiger partial charge in [-0.05, 0) is 76.4 Å². The summed E-state index contributed by atoms with van der Waals surface area (Å²) in [6.45, 7) is 10.4. The Morgan fingerprint density at radius 3 is 2.09 bits per heavy atom. The van der Waals surface area contributed by atoms with E-state index in [1.807, 2.05) is 30.3 Å². The van der Waals surface area contributed by atoms with Crippen molar-refractivity contribution in [2.24, 2.45) is 10.8 Å². The molecule has 0 spiro atoms. The fourth-order valence-corrected chi connectivity index (χ4v) is 8.01. The van der Waals surface area contributed by atoms with Gasteiger partial charge < -0.3 is 19.1 Å². The topological polar surface area (TPSA) is 65.1 Å². The lowest BCUT2D eigenvalue weighted by molar-refractivity contribution is -0.119. The molecule has 1 heterocycles. The molecule has 0 aromatic heterocycles. The van der Waals surface area contributed by atoms with Crippen molar-refractivity contribution in [3.63, 3.8) is 0 Å². The molecule has 2 aliphatic carbocycles. The van der Waals surface area contributed by atoms with Crippen LogP contribution in [0.1, 0.15) is 76.8 Å². The van der Waals surface area contributed by atoms with Crippen LogP contribution in [-0.4, -0.2) is 43.8 Å². The van der Waals surface area contributed by atoms with E-state index in [9.17, 15) is 9.59 Å². The second-order valence-corrected chi connectivity index (χ2v) is 15.5. The molecule has 43 heavy (non-hydrogen) atoms. The minimum atomic E-state index is -0.435. The zero-order valence-corrected chi connectivity index (χ0v) is 29.7. The number of carbonyl (C=O) groups is 2. The molecule has 0 saturated carbocycles. The molecule has 230 valence electrons. The number of hydrogen-bond acceptors (Lipinski definition) is 6. The van der Waals surface area contributed by atoms with Gasteiger partial charge in [-0.2, -0.15) is 0 Å². The zero-order valence-electron chi connectivity index (χ0n) is 25.9.